The molecule has 0 unspecified atom stereocenters. The van der Waals surface area contributed by atoms with Crippen LogP contribution in [0.15, 0.2) is 48.0 Å². The molecule has 0 aliphatic carbocycles. The van der Waals surface area contributed by atoms with Gasteiger partial charge in [-0.05, 0) is 31.2 Å². The monoisotopic (exact) mass is 283 g/mol. The summed E-state index contributed by atoms with van der Waals surface area (Å²) >= 11 is 0. The Morgan fingerprint density at radius 2 is 2.05 bits per heavy atom. The first-order valence-electron chi connectivity index (χ1n) is 6.73. The molecule has 0 fully saturated rings. The van der Waals surface area contributed by atoms with E-state index in [0.717, 1.165) is 29.8 Å². The molecule has 3 aromatic rings. The summed E-state index contributed by atoms with van der Waals surface area (Å²) in [5.74, 6) is 1.14. The minimum absolute atomic E-state index is 0.124. The van der Waals surface area contributed by atoms with Crippen LogP contribution in [0, 0.1) is 6.92 Å². The number of aromatic nitrogens is 3. The number of rotatable bonds is 4. The molecule has 3 N–H and O–H groups in total. The Morgan fingerprint density at radius 1 is 1.24 bits per heavy atom. The summed E-state index contributed by atoms with van der Waals surface area (Å²) in [6, 6.07) is 7.80. The Bertz CT molecular complexity index is 799. The fourth-order valence-corrected chi connectivity index (χ4v) is 2.47. The molecule has 6 heteroatoms. The number of aryl methyl sites for hydroxylation is 3. The van der Waals surface area contributed by atoms with E-state index in [1.165, 1.54) is 0 Å². The van der Waals surface area contributed by atoms with E-state index in [-0.39, 0.29) is 5.84 Å². The van der Waals surface area contributed by atoms with Crippen LogP contribution >= 0.6 is 0 Å². The highest BCUT2D eigenvalue weighted by atomic mass is 16.4. The first kappa shape index (κ1) is 13.2. The van der Waals surface area contributed by atoms with E-state index < -0.39 is 0 Å². The Hall–Kier alpha value is -2.76. The van der Waals surface area contributed by atoms with Crippen LogP contribution in [-0.2, 0) is 13.1 Å². The maximum Gasteiger partial charge on any atom is 0.170 e. The molecule has 0 bridgehead atoms. The quantitative estimate of drug-likeness (QED) is 0.332. The van der Waals surface area contributed by atoms with Gasteiger partial charge in [-0.15, -0.1) is 0 Å². The van der Waals surface area contributed by atoms with Crippen molar-refractivity contribution in [2.45, 2.75) is 20.0 Å². The van der Waals surface area contributed by atoms with Gasteiger partial charge in [-0.1, -0.05) is 5.16 Å². The zero-order valence-electron chi connectivity index (χ0n) is 11.8. The molecule has 0 saturated heterocycles. The molecular formula is C15H17N5O. The molecule has 6 nitrogen and oxygen atoms in total. The van der Waals surface area contributed by atoms with Gasteiger partial charge < -0.3 is 20.1 Å². The maximum atomic E-state index is 8.73. The topological polar surface area (TPSA) is 81.4 Å². The molecule has 21 heavy (non-hydrogen) atoms. The van der Waals surface area contributed by atoms with E-state index in [1.54, 1.807) is 0 Å². The molecule has 0 atom stereocenters. The largest absolute Gasteiger partial charge is 0.409 e. The van der Waals surface area contributed by atoms with Gasteiger partial charge in [0.05, 0.1) is 0 Å². The van der Waals surface area contributed by atoms with Gasteiger partial charge in [0, 0.05) is 48.1 Å². The van der Waals surface area contributed by atoms with Crippen molar-refractivity contribution in [3.63, 3.8) is 0 Å². The van der Waals surface area contributed by atoms with E-state index in [0.29, 0.717) is 5.56 Å². The highest BCUT2D eigenvalue weighted by Gasteiger charge is 2.05. The molecule has 0 amide bonds. The predicted octanol–water partition coefficient (Wildman–Crippen LogP) is 1.94. The average molecular weight is 283 g/mol. The van der Waals surface area contributed by atoms with Gasteiger partial charge in [0.1, 0.15) is 5.82 Å². The third kappa shape index (κ3) is 2.47. The first-order valence-corrected chi connectivity index (χ1v) is 6.73. The van der Waals surface area contributed by atoms with Crippen molar-refractivity contribution in [1.29, 1.82) is 0 Å². The summed E-state index contributed by atoms with van der Waals surface area (Å²) in [5, 5.41) is 12.8. The molecule has 3 rings (SSSR count). The zero-order chi connectivity index (χ0) is 14.8. The molecule has 0 saturated carbocycles. The van der Waals surface area contributed by atoms with Crippen LogP contribution in [0.3, 0.4) is 0 Å². The molecule has 2 aromatic heterocycles. The van der Waals surface area contributed by atoms with Crippen molar-refractivity contribution in [3.05, 3.63) is 54.2 Å². The molecule has 1 aromatic carbocycles. The second-order valence-corrected chi connectivity index (χ2v) is 4.94. The number of nitrogens with zero attached hydrogens (tertiary/aromatic N) is 4. The van der Waals surface area contributed by atoms with Crippen molar-refractivity contribution < 1.29 is 5.21 Å². The van der Waals surface area contributed by atoms with E-state index in [2.05, 4.69) is 19.3 Å². The Kier molecular flexibility index (Phi) is 3.35. The zero-order valence-corrected chi connectivity index (χ0v) is 11.8. The SMILES string of the molecule is Cc1nccn1CCn1ccc2cc(/C(N)=N/O)ccc21. The van der Waals surface area contributed by atoms with Gasteiger partial charge in [-0.2, -0.15) is 0 Å². The highest BCUT2D eigenvalue weighted by molar-refractivity contribution is 6.00. The third-order valence-corrected chi connectivity index (χ3v) is 3.68. The fourth-order valence-electron chi connectivity index (χ4n) is 2.47. The number of hydrogen-bond acceptors (Lipinski definition) is 3. The van der Waals surface area contributed by atoms with E-state index >= 15 is 0 Å². The fraction of sp³-hybridized carbons (Fsp3) is 0.200. The van der Waals surface area contributed by atoms with Crippen LogP contribution in [0.5, 0.6) is 0 Å². The lowest BCUT2D eigenvalue weighted by molar-refractivity contribution is 0.318. The van der Waals surface area contributed by atoms with Crippen molar-refractivity contribution in [2.75, 3.05) is 0 Å². The minimum Gasteiger partial charge on any atom is -0.409 e. The lowest BCUT2D eigenvalue weighted by Gasteiger charge is -2.08. The molecule has 108 valence electrons. The average Bonchev–Trinajstić information content (AvgIpc) is 3.09. The van der Waals surface area contributed by atoms with Gasteiger partial charge in [0.15, 0.2) is 5.84 Å². The first-order chi connectivity index (χ1) is 10.2. The van der Waals surface area contributed by atoms with Crippen molar-refractivity contribution in [3.8, 4) is 0 Å². The van der Waals surface area contributed by atoms with Crippen LogP contribution in [0.1, 0.15) is 11.4 Å². The lowest BCUT2D eigenvalue weighted by Crippen LogP contribution is -2.12. The summed E-state index contributed by atoms with van der Waals surface area (Å²) in [6.07, 6.45) is 5.84. The Labute approximate surface area is 122 Å². The van der Waals surface area contributed by atoms with Gasteiger partial charge in [0.2, 0.25) is 0 Å². The van der Waals surface area contributed by atoms with Crippen LogP contribution < -0.4 is 5.73 Å². The van der Waals surface area contributed by atoms with E-state index in [9.17, 15) is 0 Å². The van der Waals surface area contributed by atoms with Gasteiger partial charge >= 0.3 is 0 Å². The summed E-state index contributed by atoms with van der Waals surface area (Å²) in [6.45, 7) is 3.73. The molecule has 2 heterocycles. The standard InChI is InChI=1S/C15H17N5O/c1-11-17-5-7-19(11)8-9-20-6-4-12-10-13(15(16)18-21)2-3-14(12)20/h2-7,10,21H,8-9H2,1H3,(H2,16,18). The van der Waals surface area contributed by atoms with Crippen LogP contribution in [0.2, 0.25) is 0 Å². The number of fused-ring (bicyclic) bond motifs is 1. The normalized spacial score (nSPS) is 12.1. The second kappa shape index (κ2) is 5.32. The van der Waals surface area contributed by atoms with Gasteiger partial charge in [-0.25, -0.2) is 4.98 Å². The van der Waals surface area contributed by atoms with Crippen LogP contribution in [0.25, 0.3) is 10.9 Å². The molecule has 0 aliphatic rings. The summed E-state index contributed by atoms with van der Waals surface area (Å²) in [4.78, 5) is 4.22. The van der Waals surface area contributed by atoms with Gasteiger partial charge in [0.25, 0.3) is 0 Å². The summed E-state index contributed by atoms with van der Waals surface area (Å²) in [5.41, 5.74) is 7.46. The van der Waals surface area contributed by atoms with Crippen molar-refractivity contribution >= 4 is 16.7 Å². The number of oxime groups is 1. The summed E-state index contributed by atoms with van der Waals surface area (Å²) in [7, 11) is 0. The highest BCUT2D eigenvalue weighted by Crippen LogP contribution is 2.18. The molecule has 0 aliphatic heterocycles. The van der Waals surface area contributed by atoms with Crippen LogP contribution in [-0.4, -0.2) is 25.2 Å². The molecular weight excluding hydrogens is 266 g/mol. The van der Waals surface area contributed by atoms with Crippen molar-refractivity contribution in [1.82, 2.24) is 14.1 Å². The van der Waals surface area contributed by atoms with E-state index in [1.807, 2.05) is 49.8 Å². The number of hydrogen-bond donors (Lipinski definition) is 2. The Morgan fingerprint density at radius 3 is 2.76 bits per heavy atom. The van der Waals surface area contributed by atoms with Crippen LogP contribution in [0.4, 0.5) is 0 Å². The number of imidazole rings is 1. The van der Waals surface area contributed by atoms with Gasteiger partial charge in [-0.3, -0.25) is 0 Å². The molecule has 0 spiro atoms. The third-order valence-electron chi connectivity index (χ3n) is 3.68. The number of amidine groups is 1. The molecule has 0 radical (unpaired) electrons. The minimum atomic E-state index is 0.124. The smallest absolute Gasteiger partial charge is 0.170 e. The second-order valence-electron chi connectivity index (χ2n) is 4.94. The van der Waals surface area contributed by atoms with E-state index in [4.69, 9.17) is 10.9 Å². The van der Waals surface area contributed by atoms with Crippen molar-refractivity contribution in [2.24, 2.45) is 10.9 Å². The number of nitrogens with two attached hydrogens (primary N) is 1. The lowest BCUT2D eigenvalue weighted by atomic mass is 10.1. The predicted molar refractivity (Wildman–Crippen MR) is 81.4 cm³/mol. The maximum absolute atomic E-state index is 8.73. The number of benzene rings is 1. The Balaban J connectivity index is 1.85. The summed E-state index contributed by atoms with van der Waals surface area (Å²) < 4.78 is 4.31.